The molecule has 1 atom stereocenters. The molecule has 106 valence electrons. The Balaban J connectivity index is 0.00000324. The molecule has 0 fully saturated rings. The third-order valence-corrected chi connectivity index (χ3v) is 2.47. The van der Waals surface area contributed by atoms with Gasteiger partial charge in [0.2, 0.25) is 5.91 Å². The van der Waals surface area contributed by atoms with Crippen molar-refractivity contribution in [2.75, 3.05) is 5.32 Å². The molecule has 0 heterocycles. The number of carbonyl (C=O) groups is 1. The van der Waals surface area contributed by atoms with Crippen LogP contribution >= 0.6 is 12.4 Å². The van der Waals surface area contributed by atoms with Crippen molar-refractivity contribution in [3.05, 3.63) is 28.3 Å². The maximum Gasteiger partial charge on any atom is 0.271 e. The van der Waals surface area contributed by atoms with E-state index in [4.69, 9.17) is 5.73 Å². The first kappa shape index (κ1) is 17.1. The fraction of sp³-hybridized carbons (Fsp3) is 0.364. The molecule has 0 radical (unpaired) electrons. The summed E-state index contributed by atoms with van der Waals surface area (Å²) in [5.74, 6) is -0.823. The summed E-state index contributed by atoms with van der Waals surface area (Å²) >= 11 is 0. The number of anilines is 1. The van der Waals surface area contributed by atoms with Crippen molar-refractivity contribution < 1.29 is 14.8 Å². The van der Waals surface area contributed by atoms with Crippen LogP contribution in [-0.2, 0) is 4.79 Å². The van der Waals surface area contributed by atoms with Gasteiger partial charge in [0, 0.05) is 12.1 Å². The minimum absolute atomic E-state index is 0. The zero-order chi connectivity index (χ0) is 13.9. The molecule has 7 nitrogen and oxygen atoms in total. The van der Waals surface area contributed by atoms with Gasteiger partial charge in [-0.2, -0.15) is 0 Å². The monoisotopic (exact) mass is 289 g/mol. The van der Waals surface area contributed by atoms with Crippen LogP contribution in [0.25, 0.3) is 0 Å². The van der Waals surface area contributed by atoms with Gasteiger partial charge in [-0.3, -0.25) is 14.9 Å². The molecule has 0 aliphatic heterocycles. The highest BCUT2D eigenvalue weighted by molar-refractivity contribution is 5.96. The van der Waals surface area contributed by atoms with E-state index >= 15 is 0 Å². The fourth-order valence-electron chi connectivity index (χ4n) is 1.26. The zero-order valence-corrected chi connectivity index (χ0v) is 11.3. The Morgan fingerprint density at radius 2 is 2.05 bits per heavy atom. The van der Waals surface area contributed by atoms with Crippen LogP contribution in [0.1, 0.15) is 13.8 Å². The molecule has 0 saturated heterocycles. The summed E-state index contributed by atoms with van der Waals surface area (Å²) in [4.78, 5) is 21.6. The second-order valence-electron chi connectivity index (χ2n) is 4.22. The molecule has 4 N–H and O–H groups in total. The van der Waals surface area contributed by atoms with Crippen LogP contribution in [0.4, 0.5) is 11.4 Å². The van der Waals surface area contributed by atoms with Crippen LogP contribution in [0.2, 0.25) is 0 Å². The molecule has 0 bridgehead atoms. The van der Waals surface area contributed by atoms with E-state index in [0.29, 0.717) is 0 Å². The largest absolute Gasteiger partial charge is 0.506 e. The van der Waals surface area contributed by atoms with Gasteiger partial charge < -0.3 is 16.2 Å². The van der Waals surface area contributed by atoms with Crippen molar-refractivity contribution in [1.29, 1.82) is 0 Å². The first-order chi connectivity index (χ1) is 8.32. The van der Waals surface area contributed by atoms with Gasteiger partial charge in [-0.1, -0.05) is 13.8 Å². The van der Waals surface area contributed by atoms with Crippen LogP contribution in [0.15, 0.2) is 18.2 Å². The fourth-order valence-corrected chi connectivity index (χ4v) is 1.26. The molecule has 0 aromatic heterocycles. The van der Waals surface area contributed by atoms with Crippen LogP contribution in [0.3, 0.4) is 0 Å². The number of hydrogen-bond donors (Lipinski definition) is 3. The Morgan fingerprint density at radius 1 is 1.47 bits per heavy atom. The smallest absolute Gasteiger partial charge is 0.271 e. The molecular weight excluding hydrogens is 274 g/mol. The molecule has 0 aliphatic carbocycles. The summed E-state index contributed by atoms with van der Waals surface area (Å²) in [7, 11) is 0. The number of aromatic hydroxyl groups is 1. The van der Waals surface area contributed by atoms with Gasteiger partial charge in [0.15, 0.2) is 0 Å². The molecule has 0 spiro atoms. The van der Waals surface area contributed by atoms with Crippen molar-refractivity contribution in [3.8, 4) is 5.75 Å². The van der Waals surface area contributed by atoms with E-state index in [1.54, 1.807) is 13.8 Å². The van der Waals surface area contributed by atoms with Gasteiger partial charge >= 0.3 is 0 Å². The van der Waals surface area contributed by atoms with Gasteiger partial charge in [-0.05, 0) is 12.0 Å². The lowest BCUT2D eigenvalue weighted by Crippen LogP contribution is -2.39. The number of phenols is 1. The quantitative estimate of drug-likeness (QED) is 0.442. The second kappa shape index (κ2) is 6.91. The Kier molecular flexibility index (Phi) is 6.23. The predicted molar refractivity (Wildman–Crippen MR) is 73.5 cm³/mol. The van der Waals surface area contributed by atoms with Gasteiger partial charge in [-0.15, -0.1) is 12.4 Å². The molecular formula is C11H16ClN3O4. The normalized spacial score (nSPS) is 11.6. The Hall–Kier alpha value is -1.86. The number of nitro groups is 1. The standard InChI is InChI=1S/C11H15N3O4.ClH/c1-6(2)10(12)11(16)13-8-5-7(14(17)18)3-4-9(8)15;/h3-6,10,15H,12H2,1-2H3,(H,13,16);1H/t10-;/m1./s1. The minimum Gasteiger partial charge on any atom is -0.506 e. The highest BCUT2D eigenvalue weighted by atomic mass is 35.5. The van der Waals surface area contributed by atoms with E-state index in [0.717, 1.165) is 18.2 Å². The number of nitrogens with two attached hydrogens (primary N) is 1. The lowest BCUT2D eigenvalue weighted by atomic mass is 10.0. The van der Waals surface area contributed by atoms with Crippen LogP contribution in [0, 0.1) is 16.0 Å². The number of amides is 1. The molecule has 0 aliphatic rings. The van der Waals surface area contributed by atoms with E-state index in [2.05, 4.69) is 5.32 Å². The number of carbonyl (C=O) groups excluding carboxylic acids is 1. The number of benzene rings is 1. The van der Waals surface area contributed by atoms with E-state index in [1.165, 1.54) is 0 Å². The highest BCUT2D eigenvalue weighted by Crippen LogP contribution is 2.27. The number of halogens is 1. The summed E-state index contributed by atoms with van der Waals surface area (Å²) < 4.78 is 0. The number of nitrogens with zero attached hydrogens (tertiary/aromatic N) is 1. The number of hydrogen-bond acceptors (Lipinski definition) is 5. The lowest BCUT2D eigenvalue weighted by Gasteiger charge is -2.15. The van der Waals surface area contributed by atoms with Gasteiger partial charge in [-0.25, -0.2) is 0 Å². The third-order valence-electron chi connectivity index (χ3n) is 2.47. The highest BCUT2D eigenvalue weighted by Gasteiger charge is 2.19. The van der Waals surface area contributed by atoms with E-state index in [9.17, 15) is 20.0 Å². The van der Waals surface area contributed by atoms with E-state index in [-0.39, 0.29) is 35.4 Å². The molecule has 0 unspecified atom stereocenters. The summed E-state index contributed by atoms with van der Waals surface area (Å²) in [6.45, 7) is 3.55. The second-order valence-corrected chi connectivity index (χ2v) is 4.22. The number of rotatable bonds is 4. The van der Waals surface area contributed by atoms with Crippen molar-refractivity contribution in [3.63, 3.8) is 0 Å². The Labute approximate surface area is 116 Å². The van der Waals surface area contributed by atoms with Crippen molar-refractivity contribution in [2.45, 2.75) is 19.9 Å². The zero-order valence-electron chi connectivity index (χ0n) is 10.5. The van der Waals surface area contributed by atoms with Crippen molar-refractivity contribution >= 4 is 29.7 Å². The number of non-ortho nitro benzene ring substituents is 1. The third kappa shape index (κ3) is 4.38. The first-order valence-corrected chi connectivity index (χ1v) is 5.36. The molecule has 1 aromatic rings. The number of nitrogens with one attached hydrogen (secondary N) is 1. The van der Waals surface area contributed by atoms with Gasteiger partial charge in [0.05, 0.1) is 16.7 Å². The topological polar surface area (TPSA) is 118 Å². The SMILES string of the molecule is CC(C)[C@@H](N)C(=O)Nc1cc([N+](=O)[O-])ccc1O.Cl. The average Bonchev–Trinajstić information content (AvgIpc) is 2.30. The first-order valence-electron chi connectivity index (χ1n) is 5.36. The molecule has 1 amide bonds. The maximum absolute atomic E-state index is 11.7. The molecule has 1 aromatic carbocycles. The predicted octanol–water partition coefficient (Wildman–Crippen LogP) is 1.64. The van der Waals surface area contributed by atoms with Crippen LogP contribution in [-0.4, -0.2) is 22.0 Å². The number of nitro benzene ring substituents is 1. The Bertz CT molecular complexity index is 479. The van der Waals surface area contributed by atoms with Crippen LogP contribution in [0.5, 0.6) is 5.75 Å². The average molecular weight is 290 g/mol. The minimum atomic E-state index is -0.747. The summed E-state index contributed by atoms with van der Waals surface area (Å²) in [6, 6.07) is 2.63. The number of phenolic OH excluding ortho intramolecular Hbond substituents is 1. The molecule has 8 heteroatoms. The molecule has 19 heavy (non-hydrogen) atoms. The maximum atomic E-state index is 11.7. The summed E-state index contributed by atoms with van der Waals surface area (Å²) in [6.07, 6.45) is 0. The van der Waals surface area contributed by atoms with Gasteiger partial charge in [0.1, 0.15) is 5.75 Å². The summed E-state index contributed by atoms with van der Waals surface area (Å²) in [5.41, 5.74) is 5.38. The van der Waals surface area contributed by atoms with Crippen LogP contribution < -0.4 is 11.1 Å². The molecule has 1 rings (SSSR count). The lowest BCUT2D eigenvalue weighted by molar-refractivity contribution is -0.384. The molecule has 0 saturated carbocycles. The Morgan fingerprint density at radius 3 is 2.53 bits per heavy atom. The van der Waals surface area contributed by atoms with Gasteiger partial charge in [0.25, 0.3) is 5.69 Å². The van der Waals surface area contributed by atoms with Crippen molar-refractivity contribution in [2.24, 2.45) is 11.7 Å². The van der Waals surface area contributed by atoms with E-state index in [1.807, 2.05) is 0 Å². The summed E-state index contributed by atoms with van der Waals surface area (Å²) in [5, 5.41) is 22.5. The van der Waals surface area contributed by atoms with E-state index < -0.39 is 16.9 Å². The van der Waals surface area contributed by atoms with Crippen molar-refractivity contribution in [1.82, 2.24) is 0 Å².